The van der Waals surface area contributed by atoms with Gasteiger partial charge in [0, 0.05) is 7.05 Å². The number of amides is 1. The number of likely N-dealkylation sites (tertiary alicyclic amines) is 1. The number of rotatable bonds is 4. The van der Waals surface area contributed by atoms with E-state index in [1.54, 1.807) is 11.8 Å². The van der Waals surface area contributed by atoms with Crippen LogP contribution in [0.2, 0.25) is 0 Å². The van der Waals surface area contributed by atoms with Gasteiger partial charge in [0.05, 0.1) is 6.04 Å². The van der Waals surface area contributed by atoms with Crippen LogP contribution in [-0.4, -0.2) is 23.6 Å². The van der Waals surface area contributed by atoms with E-state index in [0.29, 0.717) is 5.92 Å². The molecule has 4 atom stereocenters. The summed E-state index contributed by atoms with van der Waals surface area (Å²) >= 11 is 1.80. The molecule has 2 unspecified atom stereocenters. The summed E-state index contributed by atoms with van der Waals surface area (Å²) in [7, 11) is 1.95. The van der Waals surface area contributed by atoms with Gasteiger partial charge in [-0.25, -0.2) is 0 Å². The lowest BCUT2D eigenvalue weighted by atomic mass is 9.56. The molecule has 2 fully saturated rings. The maximum absolute atomic E-state index is 13.5. The third-order valence-corrected chi connectivity index (χ3v) is 9.58. The lowest BCUT2D eigenvalue weighted by molar-refractivity contribution is -0.150. The average Bonchev–Trinajstić information content (AvgIpc) is 2.78. The SMILES string of the molecule is C=C1CCC[C@]2(C)c3ccc(C4(SCC)C(=O)N(C)C4c4ccccc4)cc3CC[C@@H]12. The predicted octanol–water partition coefficient (Wildman–Crippen LogP) is 6.41. The van der Waals surface area contributed by atoms with Gasteiger partial charge in [0.2, 0.25) is 5.91 Å². The number of carbonyl (C=O) groups excluding carboxylic acids is 1. The van der Waals surface area contributed by atoms with Crippen LogP contribution in [0.4, 0.5) is 0 Å². The molecule has 1 heterocycles. The van der Waals surface area contributed by atoms with Crippen LogP contribution in [0.15, 0.2) is 60.7 Å². The van der Waals surface area contributed by atoms with Crippen molar-refractivity contribution in [2.45, 2.75) is 62.2 Å². The van der Waals surface area contributed by atoms with Crippen LogP contribution >= 0.6 is 11.8 Å². The van der Waals surface area contributed by atoms with Crippen molar-refractivity contribution in [3.05, 3.63) is 82.9 Å². The maximum Gasteiger partial charge on any atom is 0.246 e. The summed E-state index contributed by atoms with van der Waals surface area (Å²) in [5.41, 5.74) is 7.01. The summed E-state index contributed by atoms with van der Waals surface area (Å²) in [4.78, 5) is 15.4. The molecule has 2 aromatic rings. The van der Waals surface area contributed by atoms with Crippen molar-refractivity contribution in [3.8, 4) is 0 Å². The van der Waals surface area contributed by atoms with E-state index in [2.05, 4.69) is 62.9 Å². The van der Waals surface area contributed by atoms with Crippen molar-refractivity contribution in [2.24, 2.45) is 5.92 Å². The summed E-state index contributed by atoms with van der Waals surface area (Å²) in [5.74, 6) is 1.76. The van der Waals surface area contributed by atoms with Crippen LogP contribution in [0.1, 0.15) is 67.8 Å². The van der Waals surface area contributed by atoms with Crippen LogP contribution in [0.3, 0.4) is 0 Å². The number of allylic oxidation sites excluding steroid dienone is 1. The smallest absolute Gasteiger partial charge is 0.246 e. The van der Waals surface area contributed by atoms with Crippen LogP contribution < -0.4 is 0 Å². The summed E-state index contributed by atoms with van der Waals surface area (Å²) < 4.78 is -0.520. The van der Waals surface area contributed by atoms with Crippen LogP contribution in [0.5, 0.6) is 0 Å². The summed E-state index contributed by atoms with van der Waals surface area (Å²) in [6, 6.07) is 17.6. The number of hydrogen-bond acceptors (Lipinski definition) is 2. The van der Waals surface area contributed by atoms with Gasteiger partial charge in [-0.3, -0.25) is 4.79 Å². The fourth-order valence-electron chi connectivity index (χ4n) is 6.74. The molecule has 2 aliphatic carbocycles. The summed E-state index contributed by atoms with van der Waals surface area (Å²) in [6.45, 7) is 9.04. The summed E-state index contributed by atoms with van der Waals surface area (Å²) in [6.07, 6.45) is 5.95. The van der Waals surface area contributed by atoms with Gasteiger partial charge in [0.25, 0.3) is 0 Å². The fourth-order valence-corrected chi connectivity index (χ4v) is 8.21. The second kappa shape index (κ2) is 7.55. The molecule has 0 bridgehead atoms. The van der Waals surface area contributed by atoms with Gasteiger partial charge in [0.1, 0.15) is 4.75 Å². The zero-order valence-electron chi connectivity index (χ0n) is 19.0. The largest absolute Gasteiger partial charge is 0.335 e. The Bertz CT molecular complexity index is 1030. The molecule has 1 saturated heterocycles. The zero-order valence-corrected chi connectivity index (χ0v) is 19.8. The highest BCUT2D eigenvalue weighted by Gasteiger charge is 2.61. The van der Waals surface area contributed by atoms with Crippen LogP contribution in [0.25, 0.3) is 0 Å². The van der Waals surface area contributed by atoms with Gasteiger partial charge in [-0.15, -0.1) is 11.8 Å². The van der Waals surface area contributed by atoms with E-state index < -0.39 is 4.75 Å². The molecule has 162 valence electrons. The minimum absolute atomic E-state index is 0.0746. The molecule has 5 rings (SSSR count). The molecule has 0 N–H and O–H groups in total. The molecule has 3 heteroatoms. The quantitative estimate of drug-likeness (QED) is 0.412. The molecule has 0 aromatic heterocycles. The normalized spacial score (nSPS) is 32.3. The lowest BCUT2D eigenvalue weighted by Gasteiger charge is -2.55. The number of fused-ring (bicyclic) bond motifs is 3. The van der Waals surface area contributed by atoms with Crippen molar-refractivity contribution in [1.82, 2.24) is 4.90 Å². The molecule has 1 amide bonds. The van der Waals surface area contributed by atoms with E-state index in [0.717, 1.165) is 12.2 Å². The lowest BCUT2D eigenvalue weighted by Crippen LogP contribution is -2.63. The third kappa shape index (κ3) is 2.88. The van der Waals surface area contributed by atoms with Gasteiger partial charge in [0.15, 0.2) is 0 Å². The maximum atomic E-state index is 13.5. The fraction of sp³-hybridized carbons (Fsp3) is 0.464. The Labute approximate surface area is 191 Å². The van der Waals surface area contributed by atoms with Gasteiger partial charge in [-0.05, 0) is 71.4 Å². The van der Waals surface area contributed by atoms with Gasteiger partial charge < -0.3 is 4.90 Å². The molecule has 31 heavy (non-hydrogen) atoms. The van der Waals surface area contributed by atoms with Gasteiger partial charge >= 0.3 is 0 Å². The highest BCUT2D eigenvalue weighted by Crippen LogP contribution is 2.59. The standard InChI is InChI=1S/C28H33NOS/c1-5-31-28(25(29(4)26(28)30)20-11-7-6-8-12-20)22-14-16-24-21(18-22)13-15-23-19(2)10-9-17-27(23,24)3/h6-8,11-12,14,16,18,23,25H,2,5,9-10,13,15,17H2,1,3-4H3/t23-,25?,27-,28?/m0/s1. The highest BCUT2D eigenvalue weighted by atomic mass is 32.2. The van der Waals surface area contributed by atoms with Crippen molar-refractivity contribution in [2.75, 3.05) is 12.8 Å². The number of nitrogens with zero attached hydrogens (tertiary/aromatic N) is 1. The van der Waals surface area contributed by atoms with Crippen molar-refractivity contribution < 1.29 is 4.79 Å². The molecule has 2 nitrogen and oxygen atoms in total. The molecular weight excluding hydrogens is 398 g/mol. The number of benzene rings is 2. The molecule has 1 saturated carbocycles. The first-order chi connectivity index (χ1) is 14.9. The van der Waals surface area contributed by atoms with E-state index in [1.165, 1.54) is 53.5 Å². The predicted molar refractivity (Wildman–Crippen MR) is 130 cm³/mol. The van der Waals surface area contributed by atoms with E-state index in [4.69, 9.17) is 0 Å². The summed E-state index contributed by atoms with van der Waals surface area (Å²) in [5, 5.41) is 0. The second-order valence-corrected chi connectivity index (χ2v) is 11.3. The van der Waals surface area contributed by atoms with Gasteiger partial charge in [-0.1, -0.05) is 74.5 Å². The Morgan fingerprint density at radius 1 is 1.16 bits per heavy atom. The highest BCUT2D eigenvalue weighted by molar-refractivity contribution is 8.01. The minimum atomic E-state index is -0.520. The molecular formula is C28H33NOS. The van der Waals surface area contributed by atoms with E-state index in [1.807, 2.05) is 18.0 Å². The Kier molecular flexibility index (Phi) is 5.08. The van der Waals surface area contributed by atoms with Crippen molar-refractivity contribution in [1.29, 1.82) is 0 Å². The number of carbonyl (C=O) groups is 1. The molecule has 1 aliphatic heterocycles. The van der Waals surface area contributed by atoms with Crippen LogP contribution in [-0.2, 0) is 21.4 Å². The van der Waals surface area contributed by atoms with Crippen molar-refractivity contribution in [3.63, 3.8) is 0 Å². The number of thioether (sulfide) groups is 1. The number of likely N-dealkylation sites (N-methyl/N-ethyl adjacent to an activating group) is 1. The van der Waals surface area contributed by atoms with E-state index in [9.17, 15) is 4.79 Å². The first kappa shape index (κ1) is 20.9. The van der Waals surface area contributed by atoms with Crippen LogP contribution in [0, 0.1) is 5.92 Å². The van der Waals surface area contributed by atoms with Crippen molar-refractivity contribution >= 4 is 17.7 Å². The Morgan fingerprint density at radius 2 is 1.94 bits per heavy atom. The zero-order chi connectivity index (χ0) is 21.8. The minimum Gasteiger partial charge on any atom is -0.335 e. The Balaban J connectivity index is 1.60. The van der Waals surface area contributed by atoms with E-state index >= 15 is 0 Å². The monoisotopic (exact) mass is 431 g/mol. The first-order valence-electron chi connectivity index (χ1n) is 11.7. The number of β-lactam (4-membered cyclic amide) rings is 1. The topological polar surface area (TPSA) is 20.3 Å². The molecule has 3 aliphatic rings. The third-order valence-electron chi connectivity index (χ3n) is 8.21. The number of hydrogen-bond donors (Lipinski definition) is 0. The molecule has 0 radical (unpaired) electrons. The molecule has 2 aromatic carbocycles. The van der Waals surface area contributed by atoms with Gasteiger partial charge in [-0.2, -0.15) is 0 Å². The Hall–Kier alpha value is -2.00. The number of aryl methyl sites for hydroxylation is 1. The second-order valence-electron chi connectivity index (χ2n) is 9.79. The van der Waals surface area contributed by atoms with E-state index in [-0.39, 0.29) is 17.4 Å². The molecule has 0 spiro atoms. The average molecular weight is 432 g/mol. The first-order valence-corrected chi connectivity index (χ1v) is 12.7. The Morgan fingerprint density at radius 3 is 2.68 bits per heavy atom.